The maximum atomic E-state index is 12.2. The lowest BCUT2D eigenvalue weighted by Crippen LogP contribution is -2.25. The van der Waals surface area contributed by atoms with E-state index in [2.05, 4.69) is 5.32 Å². The quantitative estimate of drug-likeness (QED) is 0.836. The number of carbonyl (C=O) groups is 1. The van der Waals surface area contributed by atoms with Gasteiger partial charge in [0.2, 0.25) is 5.91 Å². The number of hydrogen-bond donors (Lipinski definition) is 2. The van der Waals surface area contributed by atoms with Crippen LogP contribution in [0.1, 0.15) is 36.8 Å². The highest BCUT2D eigenvalue weighted by atomic mass is 32.1. The molecule has 2 saturated carbocycles. The third-order valence-corrected chi connectivity index (χ3v) is 4.87. The van der Waals surface area contributed by atoms with Gasteiger partial charge in [-0.25, -0.2) is 0 Å². The standard InChI is InChI=1S/C16H20N2OS/c17-15(20)11-5-3-4-10(8-11)9-18-16(19)14-12-6-1-2-7-13(12)14/h3-5,8,12-14H,1-2,6-7,9H2,(H2,17,20)(H,18,19). The second-order valence-electron chi connectivity index (χ2n) is 5.92. The number of fused-ring (bicyclic) bond motifs is 1. The Hall–Kier alpha value is -1.42. The van der Waals surface area contributed by atoms with E-state index in [9.17, 15) is 4.79 Å². The number of nitrogens with one attached hydrogen (secondary N) is 1. The zero-order valence-electron chi connectivity index (χ0n) is 11.5. The van der Waals surface area contributed by atoms with Crippen molar-refractivity contribution in [3.63, 3.8) is 0 Å². The fourth-order valence-electron chi connectivity index (χ4n) is 3.52. The molecule has 20 heavy (non-hydrogen) atoms. The van der Waals surface area contributed by atoms with Gasteiger partial charge in [0.15, 0.2) is 0 Å². The van der Waals surface area contributed by atoms with Crippen LogP contribution in [0.15, 0.2) is 24.3 Å². The lowest BCUT2D eigenvalue weighted by atomic mass is 10.0. The molecule has 2 atom stereocenters. The van der Waals surface area contributed by atoms with E-state index in [1.54, 1.807) is 0 Å². The van der Waals surface area contributed by atoms with Gasteiger partial charge < -0.3 is 11.1 Å². The van der Waals surface area contributed by atoms with E-state index in [0.717, 1.165) is 11.1 Å². The lowest BCUT2D eigenvalue weighted by molar-refractivity contribution is -0.123. The van der Waals surface area contributed by atoms with E-state index in [1.807, 2.05) is 24.3 Å². The van der Waals surface area contributed by atoms with Crippen LogP contribution in [0, 0.1) is 17.8 Å². The molecule has 2 fully saturated rings. The molecule has 2 unspecified atom stereocenters. The van der Waals surface area contributed by atoms with Crippen LogP contribution in [0.5, 0.6) is 0 Å². The highest BCUT2D eigenvalue weighted by Gasteiger charge is 2.54. The Kier molecular flexibility index (Phi) is 3.74. The van der Waals surface area contributed by atoms with E-state index >= 15 is 0 Å². The average Bonchev–Trinajstić information content (AvgIpc) is 3.19. The van der Waals surface area contributed by atoms with Crippen molar-refractivity contribution < 1.29 is 4.79 Å². The van der Waals surface area contributed by atoms with Gasteiger partial charge in [-0.1, -0.05) is 43.3 Å². The number of thiocarbonyl (C=S) groups is 1. The van der Waals surface area contributed by atoms with Crippen molar-refractivity contribution in [3.05, 3.63) is 35.4 Å². The SMILES string of the molecule is NC(=S)c1cccc(CNC(=O)C2C3CCCCC32)c1. The van der Waals surface area contributed by atoms with Crippen LogP contribution in [-0.2, 0) is 11.3 Å². The fraction of sp³-hybridized carbons (Fsp3) is 0.500. The van der Waals surface area contributed by atoms with E-state index in [4.69, 9.17) is 18.0 Å². The van der Waals surface area contributed by atoms with Gasteiger partial charge in [-0.15, -0.1) is 0 Å². The van der Waals surface area contributed by atoms with Crippen molar-refractivity contribution in [2.75, 3.05) is 0 Å². The van der Waals surface area contributed by atoms with E-state index in [-0.39, 0.29) is 11.8 Å². The van der Waals surface area contributed by atoms with Gasteiger partial charge in [-0.05, 0) is 36.3 Å². The third-order valence-electron chi connectivity index (χ3n) is 4.64. The molecule has 4 heteroatoms. The number of amides is 1. The van der Waals surface area contributed by atoms with Crippen molar-refractivity contribution in [1.82, 2.24) is 5.32 Å². The molecule has 106 valence electrons. The van der Waals surface area contributed by atoms with E-state index < -0.39 is 0 Å². The number of hydrogen-bond acceptors (Lipinski definition) is 2. The Bertz CT molecular complexity index is 531. The summed E-state index contributed by atoms with van der Waals surface area (Å²) in [6.07, 6.45) is 5.06. The molecule has 0 heterocycles. The third kappa shape index (κ3) is 2.70. The van der Waals surface area contributed by atoms with Crippen LogP contribution in [0.4, 0.5) is 0 Å². The van der Waals surface area contributed by atoms with Crippen molar-refractivity contribution in [2.24, 2.45) is 23.5 Å². The number of benzene rings is 1. The molecule has 0 saturated heterocycles. The summed E-state index contributed by atoms with van der Waals surface area (Å²) >= 11 is 4.97. The molecular formula is C16H20N2OS. The first-order valence-electron chi connectivity index (χ1n) is 7.33. The molecule has 0 aromatic heterocycles. The zero-order valence-corrected chi connectivity index (χ0v) is 12.3. The zero-order chi connectivity index (χ0) is 14.1. The Morgan fingerprint density at radius 2 is 2.00 bits per heavy atom. The molecular weight excluding hydrogens is 268 g/mol. The summed E-state index contributed by atoms with van der Waals surface area (Å²) in [5.41, 5.74) is 7.52. The van der Waals surface area contributed by atoms with Crippen molar-refractivity contribution in [3.8, 4) is 0 Å². The molecule has 2 aliphatic rings. The fourth-order valence-corrected chi connectivity index (χ4v) is 3.65. The molecule has 3 N–H and O–H groups in total. The van der Waals surface area contributed by atoms with Crippen LogP contribution < -0.4 is 11.1 Å². The van der Waals surface area contributed by atoms with Crippen LogP contribution in [0.3, 0.4) is 0 Å². The molecule has 0 bridgehead atoms. The molecule has 1 aromatic rings. The van der Waals surface area contributed by atoms with E-state index in [1.165, 1.54) is 25.7 Å². The first kappa shape index (κ1) is 13.6. The van der Waals surface area contributed by atoms with Gasteiger partial charge in [0.1, 0.15) is 4.99 Å². The molecule has 0 radical (unpaired) electrons. The molecule has 0 spiro atoms. The van der Waals surface area contributed by atoms with Crippen molar-refractivity contribution in [2.45, 2.75) is 32.2 Å². The van der Waals surface area contributed by atoms with Gasteiger partial charge >= 0.3 is 0 Å². The first-order chi connectivity index (χ1) is 9.66. The second-order valence-corrected chi connectivity index (χ2v) is 6.36. The molecule has 0 aliphatic heterocycles. The predicted octanol–water partition coefficient (Wildman–Crippen LogP) is 2.37. The van der Waals surface area contributed by atoms with Gasteiger partial charge in [0.05, 0.1) is 0 Å². The van der Waals surface area contributed by atoms with Crippen LogP contribution in [-0.4, -0.2) is 10.9 Å². The molecule has 1 amide bonds. The lowest BCUT2D eigenvalue weighted by Gasteiger charge is -2.06. The number of nitrogens with two attached hydrogens (primary N) is 1. The average molecular weight is 288 g/mol. The monoisotopic (exact) mass is 288 g/mol. The summed E-state index contributed by atoms with van der Waals surface area (Å²) < 4.78 is 0. The number of carbonyl (C=O) groups excluding carboxylic acids is 1. The smallest absolute Gasteiger partial charge is 0.223 e. The highest BCUT2D eigenvalue weighted by Crippen LogP contribution is 2.55. The first-order valence-corrected chi connectivity index (χ1v) is 7.74. The maximum Gasteiger partial charge on any atom is 0.223 e. The van der Waals surface area contributed by atoms with Gasteiger partial charge in [0, 0.05) is 18.0 Å². The van der Waals surface area contributed by atoms with E-state index in [0.29, 0.717) is 23.4 Å². The summed E-state index contributed by atoms with van der Waals surface area (Å²) in [4.78, 5) is 12.6. The summed E-state index contributed by atoms with van der Waals surface area (Å²) in [7, 11) is 0. The maximum absolute atomic E-state index is 12.2. The summed E-state index contributed by atoms with van der Waals surface area (Å²) in [6, 6.07) is 7.75. The molecule has 2 aliphatic carbocycles. The molecule has 1 aromatic carbocycles. The Morgan fingerprint density at radius 3 is 2.65 bits per heavy atom. The van der Waals surface area contributed by atoms with Gasteiger partial charge in [0.25, 0.3) is 0 Å². The summed E-state index contributed by atoms with van der Waals surface area (Å²) in [6.45, 7) is 0.561. The van der Waals surface area contributed by atoms with Crippen LogP contribution in [0.25, 0.3) is 0 Å². The van der Waals surface area contributed by atoms with Crippen molar-refractivity contribution in [1.29, 1.82) is 0 Å². The van der Waals surface area contributed by atoms with Crippen LogP contribution in [0.2, 0.25) is 0 Å². The topological polar surface area (TPSA) is 55.1 Å². The minimum Gasteiger partial charge on any atom is -0.389 e. The second kappa shape index (κ2) is 5.52. The van der Waals surface area contributed by atoms with Crippen molar-refractivity contribution >= 4 is 23.1 Å². The largest absolute Gasteiger partial charge is 0.389 e. The molecule has 3 nitrogen and oxygen atoms in total. The highest BCUT2D eigenvalue weighted by molar-refractivity contribution is 7.80. The Labute approximate surface area is 124 Å². The summed E-state index contributed by atoms with van der Waals surface area (Å²) in [5.74, 6) is 1.82. The summed E-state index contributed by atoms with van der Waals surface area (Å²) in [5, 5.41) is 3.06. The van der Waals surface area contributed by atoms with Crippen LogP contribution >= 0.6 is 12.2 Å². The van der Waals surface area contributed by atoms with Gasteiger partial charge in [-0.2, -0.15) is 0 Å². The number of rotatable bonds is 4. The minimum atomic E-state index is 0.225. The Balaban J connectivity index is 1.56. The predicted molar refractivity (Wildman–Crippen MR) is 83.1 cm³/mol. The van der Waals surface area contributed by atoms with Gasteiger partial charge in [-0.3, -0.25) is 4.79 Å². The molecule has 3 rings (SSSR count). The minimum absolute atomic E-state index is 0.225. The normalized spacial score (nSPS) is 27.5. The Morgan fingerprint density at radius 1 is 1.30 bits per heavy atom.